The van der Waals surface area contributed by atoms with Gasteiger partial charge in [0.1, 0.15) is 0 Å². The predicted octanol–water partition coefficient (Wildman–Crippen LogP) is 2.49. The molecule has 0 aromatic heterocycles. The van der Waals surface area contributed by atoms with E-state index in [1.807, 2.05) is 30.3 Å². The lowest BCUT2D eigenvalue weighted by Gasteiger charge is -2.17. The number of nitrogens with two attached hydrogens (primary N) is 1. The Morgan fingerprint density at radius 3 is 2.55 bits per heavy atom. The molecule has 0 saturated carbocycles. The lowest BCUT2D eigenvalue weighted by Crippen LogP contribution is -2.30. The number of nitrogen functional groups attached to an aromatic ring is 1. The molecular weight excluding hydrogens is 320 g/mol. The van der Waals surface area contributed by atoms with Crippen molar-refractivity contribution in [1.82, 2.24) is 5.32 Å². The number of nitrogens with one attached hydrogen (secondary N) is 1. The smallest absolute Gasteiger partial charge is 0.251 e. The summed E-state index contributed by atoms with van der Waals surface area (Å²) in [5.74, 6) is -0.256. The van der Waals surface area contributed by atoms with Gasteiger partial charge in [-0.15, -0.1) is 0 Å². The SMILES string of the molecule is Nc1ccc(C(=O)N[C@H](CO)c2ccccc2)cc1Br. The van der Waals surface area contributed by atoms with Crippen LogP contribution >= 0.6 is 15.9 Å². The summed E-state index contributed by atoms with van der Waals surface area (Å²) < 4.78 is 0.672. The number of halogens is 1. The third kappa shape index (κ3) is 3.37. The Kier molecular flexibility index (Phi) is 4.76. The van der Waals surface area contributed by atoms with Crippen molar-refractivity contribution in [3.8, 4) is 0 Å². The first-order chi connectivity index (χ1) is 9.61. The molecule has 0 aliphatic carbocycles. The number of benzene rings is 2. The van der Waals surface area contributed by atoms with Crippen LogP contribution in [0.3, 0.4) is 0 Å². The fourth-order valence-corrected chi connectivity index (χ4v) is 2.21. The summed E-state index contributed by atoms with van der Waals surface area (Å²) >= 11 is 3.29. The molecule has 0 heterocycles. The molecule has 0 bridgehead atoms. The van der Waals surface area contributed by atoms with Gasteiger partial charge in [0.25, 0.3) is 5.91 Å². The van der Waals surface area contributed by atoms with Crippen LogP contribution in [0.1, 0.15) is 22.0 Å². The second kappa shape index (κ2) is 6.54. The van der Waals surface area contributed by atoms with Crippen molar-refractivity contribution in [3.63, 3.8) is 0 Å². The van der Waals surface area contributed by atoms with E-state index in [0.29, 0.717) is 15.7 Å². The molecule has 0 aliphatic rings. The van der Waals surface area contributed by atoms with Crippen molar-refractivity contribution in [2.45, 2.75) is 6.04 Å². The lowest BCUT2D eigenvalue weighted by atomic mass is 10.1. The van der Waals surface area contributed by atoms with Crippen molar-refractivity contribution in [1.29, 1.82) is 0 Å². The first-order valence-electron chi connectivity index (χ1n) is 6.13. The zero-order valence-corrected chi connectivity index (χ0v) is 12.3. The van der Waals surface area contributed by atoms with Gasteiger partial charge in [-0.1, -0.05) is 30.3 Å². The fourth-order valence-electron chi connectivity index (χ4n) is 1.83. The highest BCUT2D eigenvalue weighted by Crippen LogP contribution is 2.21. The average molecular weight is 335 g/mol. The molecule has 0 radical (unpaired) electrons. The number of carbonyl (C=O) groups excluding carboxylic acids is 1. The standard InChI is InChI=1S/C15H15BrN2O2/c16-12-8-11(6-7-13(12)17)15(20)18-14(9-19)10-4-2-1-3-5-10/h1-8,14,19H,9,17H2,(H,18,20)/t14-/m1/s1. The second-order valence-electron chi connectivity index (χ2n) is 4.36. The van der Waals surface area contributed by atoms with E-state index in [0.717, 1.165) is 5.56 Å². The van der Waals surface area contributed by atoms with Gasteiger partial charge < -0.3 is 16.2 Å². The number of hydrogen-bond donors (Lipinski definition) is 3. The van der Waals surface area contributed by atoms with Crippen molar-refractivity contribution in [2.75, 3.05) is 12.3 Å². The zero-order chi connectivity index (χ0) is 14.5. The van der Waals surface area contributed by atoms with Gasteiger partial charge in [-0.05, 0) is 39.7 Å². The molecule has 0 aliphatic heterocycles. The summed E-state index contributed by atoms with van der Waals surface area (Å²) in [5.41, 5.74) is 7.61. The Hall–Kier alpha value is -1.85. The van der Waals surface area contributed by atoms with Crippen molar-refractivity contribution < 1.29 is 9.90 Å². The van der Waals surface area contributed by atoms with Crippen LogP contribution in [0.5, 0.6) is 0 Å². The van der Waals surface area contributed by atoms with E-state index in [-0.39, 0.29) is 12.5 Å². The Bertz CT molecular complexity index is 602. The third-order valence-corrected chi connectivity index (χ3v) is 3.64. The molecular formula is C15H15BrN2O2. The molecule has 20 heavy (non-hydrogen) atoms. The first kappa shape index (κ1) is 14.6. The molecule has 0 unspecified atom stereocenters. The Morgan fingerprint density at radius 1 is 1.25 bits per heavy atom. The topological polar surface area (TPSA) is 75.4 Å². The predicted molar refractivity (Wildman–Crippen MR) is 82.3 cm³/mol. The number of anilines is 1. The van der Waals surface area contributed by atoms with Gasteiger partial charge >= 0.3 is 0 Å². The Morgan fingerprint density at radius 2 is 1.95 bits per heavy atom. The van der Waals surface area contributed by atoms with Gasteiger partial charge in [0.15, 0.2) is 0 Å². The van der Waals surface area contributed by atoms with Gasteiger partial charge in [-0.2, -0.15) is 0 Å². The van der Waals surface area contributed by atoms with Gasteiger partial charge in [-0.3, -0.25) is 4.79 Å². The summed E-state index contributed by atoms with van der Waals surface area (Å²) in [7, 11) is 0. The van der Waals surface area contributed by atoms with Crippen molar-refractivity contribution in [2.24, 2.45) is 0 Å². The molecule has 4 N–H and O–H groups in total. The number of aliphatic hydroxyl groups excluding tert-OH is 1. The quantitative estimate of drug-likeness (QED) is 0.752. The van der Waals surface area contributed by atoms with Gasteiger partial charge in [0.05, 0.1) is 12.6 Å². The molecule has 0 fully saturated rings. The molecule has 0 spiro atoms. The highest BCUT2D eigenvalue weighted by atomic mass is 79.9. The second-order valence-corrected chi connectivity index (χ2v) is 5.21. The molecule has 2 rings (SSSR count). The maximum absolute atomic E-state index is 12.2. The van der Waals surface area contributed by atoms with Gasteiger partial charge in [0, 0.05) is 15.7 Å². The van der Waals surface area contributed by atoms with Crippen molar-refractivity contribution >= 4 is 27.5 Å². The molecule has 0 saturated heterocycles. The molecule has 1 atom stereocenters. The fraction of sp³-hybridized carbons (Fsp3) is 0.133. The maximum atomic E-state index is 12.2. The number of carbonyl (C=O) groups is 1. The van der Waals surface area contributed by atoms with Crippen LogP contribution in [0.2, 0.25) is 0 Å². The summed E-state index contributed by atoms with van der Waals surface area (Å²) in [6.45, 7) is -0.161. The molecule has 104 valence electrons. The minimum absolute atomic E-state index is 0.161. The monoisotopic (exact) mass is 334 g/mol. The van der Waals surface area contributed by atoms with Crippen molar-refractivity contribution in [3.05, 3.63) is 64.1 Å². The van der Waals surface area contributed by atoms with Crippen LogP contribution in [0, 0.1) is 0 Å². The molecule has 2 aromatic carbocycles. The van der Waals surface area contributed by atoms with Crippen LogP contribution in [-0.2, 0) is 0 Å². The Labute approximate surface area is 125 Å². The number of rotatable bonds is 4. The maximum Gasteiger partial charge on any atom is 0.251 e. The average Bonchev–Trinajstić information content (AvgIpc) is 2.48. The molecule has 5 heteroatoms. The number of hydrogen-bond acceptors (Lipinski definition) is 3. The third-order valence-electron chi connectivity index (χ3n) is 2.95. The van der Waals surface area contributed by atoms with E-state index in [1.165, 1.54) is 0 Å². The van der Waals surface area contributed by atoms with Gasteiger partial charge in [-0.25, -0.2) is 0 Å². The minimum Gasteiger partial charge on any atom is -0.398 e. The van der Waals surface area contributed by atoms with Crippen LogP contribution in [0.15, 0.2) is 53.0 Å². The molecule has 4 nitrogen and oxygen atoms in total. The van der Waals surface area contributed by atoms with E-state index in [4.69, 9.17) is 5.73 Å². The van der Waals surface area contributed by atoms with Gasteiger partial charge in [0.2, 0.25) is 0 Å². The number of aliphatic hydroxyl groups is 1. The molecule has 1 amide bonds. The highest BCUT2D eigenvalue weighted by molar-refractivity contribution is 9.10. The summed E-state index contributed by atoms with van der Waals surface area (Å²) in [4.78, 5) is 12.2. The number of amides is 1. The molecule has 2 aromatic rings. The van der Waals surface area contributed by atoms with Crippen LogP contribution in [0.4, 0.5) is 5.69 Å². The van der Waals surface area contributed by atoms with E-state index in [9.17, 15) is 9.90 Å². The van der Waals surface area contributed by atoms with Crippen LogP contribution in [-0.4, -0.2) is 17.6 Å². The van der Waals surface area contributed by atoms with Crippen LogP contribution in [0.25, 0.3) is 0 Å². The van der Waals surface area contributed by atoms with Crippen LogP contribution < -0.4 is 11.1 Å². The van der Waals surface area contributed by atoms with E-state index >= 15 is 0 Å². The van der Waals surface area contributed by atoms with E-state index < -0.39 is 6.04 Å². The minimum atomic E-state index is -0.431. The van der Waals surface area contributed by atoms with E-state index in [1.54, 1.807) is 18.2 Å². The zero-order valence-electron chi connectivity index (χ0n) is 10.7. The lowest BCUT2D eigenvalue weighted by molar-refractivity contribution is 0.0916. The largest absolute Gasteiger partial charge is 0.398 e. The Balaban J connectivity index is 2.15. The van der Waals surface area contributed by atoms with E-state index in [2.05, 4.69) is 21.2 Å². The normalized spacial score (nSPS) is 11.9. The summed E-state index contributed by atoms with van der Waals surface area (Å²) in [6.07, 6.45) is 0. The first-order valence-corrected chi connectivity index (χ1v) is 6.93. The summed E-state index contributed by atoms with van der Waals surface area (Å²) in [6, 6.07) is 13.9. The summed E-state index contributed by atoms with van der Waals surface area (Å²) in [5, 5.41) is 12.2. The highest BCUT2D eigenvalue weighted by Gasteiger charge is 2.15.